The topological polar surface area (TPSA) is 31.6 Å². The highest BCUT2D eigenvalue weighted by molar-refractivity contribution is 5.86. The highest BCUT2D eigenvalue weighted by atomic mass is 14.7. The number of aromatic nitrogens is 2. The summed E-state index contributed by atoms with van der Waals surface area (Å²) in [4.78, 5) is 6.30. The van der Waals surface area contributed by atoms with Gasteiger partial charge in [0.15, 0.2) is 0 Å². The minimum atomic E-state index is 0.886. The molecule has 2 heteroatoms. The molecule has 2 heterocycles. The van der Waals surface area contributed by atoms with E-state index in [4.69, 9.17) is 0 Å². The molecule has 0 aliphatic rings. The third-order valence-electron chi connectivity index (χ3n) is 3.38. The van der Waals surface area contributed by atoms with Crippen molar-refractivity contribution in [3.63, 3.8) is 0 Å². The molecule has 3 rings (SSSR count). The minimum Gasteiger partial charge on any atom is -0.362 e. The van der Waals surface area contributed by atoms with Gasteiger partial charge in [-0.2, -0.15) is 0 Å². The predicted molar refractivity (Wildman–Crippen MR) is 89.0 cm³/mol. The molecule has 0 unspecified atom stereocenters. The summed E-state index contributed by atoms with van der Waals surface area (Å²) in [6.07, 6.45) is 7.83. The zero-order valence-corrected chi connectivity index (χ0v) is 11.9. The van der Waals surface area contributed by atoms with Crippen LogP contribution in [0.4, 0.5) is 0 Å². The lowest BCUT2D eigenvalue weighted by atomic mass is 10.1. The van der Waals surface area contributed by atoms with Gasteiger partial charge in [0.05, 0.1) is 0 Å². The van der Waals surface area contributed by atoms with Gasteiger partial charge >= 0.3 is 0 Å². The summed E-state index contributed by atoms with van der Waals surface area (Å²) < 4.78 is 0. The van der Waals surface area contributed by atoms with Crippen molar-refractivity contribution in [1.29, 1.82) is 0 Å². The Morgan fingerprint density at radius 2 is 2.00 bits per heavy atom. The fourth-order valence-corrected chi connectivity index (χ4v) is 2.35. The summed E-state index contributed by atoms with van der Waals surface area (Å²) in [5, 5.41) is 3.08. The Labute approximate surface area is 123 Å². The van der Waals surface area contributed by atoms with E-state index in [9.17, 15) is 0 Å². The fourth-order valence-electron chi connectivity index (χ4n) is 2.35. The standard InChI is InChI=1S/C19H16N2/c1-3-5-15(17-10-12-20-14(17)2)8-9-16-6-4-7-19-18(16)11-13-21-19/h3-7,10-13,20-21H,2H2,1H3/b5-3-,17-15+. The first-order chi connectivity index (χ1) is 10.3. The van der Waals surface area contributed by atoms with Gasteiger partial charge in [-0.05, 0) is 31.2 Å². The van der Waals surface area contributed by atoms with Crippen LogP contribution < -0.4 is 10.6 Å². The lowest BCUT2D eigenvalue weighted by Crippen LogP contribution is -2.22. The Morgan fingerprint density at radius 3 is 2.76 bits per heavy atom. The van der Waals surface area contributed by atoms with Crippen LogP contribution in [0.3, 0.4) is 0 Å². The lowest BCUT2D eigenvalue weighted by molar-refractivity contribution is 1.32. The van der Waals surface area contributed by atoms with E-state index in [1.54, 1.807) is 0 Å². The maximum absolute atomic E-state index is 4.00. The smallest absolute Gasteiger partial charge is 0.0466 e. The van der Waals surface area contributed by atoms with Gasteiger partial charge in [-0.15, -0.1) is 0 Å². The van der Waals surface area contributed by atoms with Crippen LogP contribution in [-0.2, 0) is 0 Å². The highest BCUT2D eigenvalue weighted by Gasteiger charge is 1.98. The van der Waals surface area contributed by atoms with Crippen LogP contribution >= 0.6 is 0 Å². The fraction of sp³-hybridized carbons (Fsp3) is 0.0526. The molecular formula is C19H16N2. The molecule has 21 heavy (non-hydrogen) atoms. The normalized spacial score (nSPS) is 12.4. The molecule has 3 aromatic rings. The Kier molecular flexibility index (Phi) is 3.49. The summed E-state index contributed by atoms with van der Waals surface area (Å²) in [5.74, 6) is 6.54. The van der Waals surface area contributed by atoms with E-state index in [0.29, 0.717) is 0 Å². The molecule has 1 aromatic carbocycles. The van der Waals surface area contributed by atoms with Gasteiger partial charge < -0.3 is 9.97 Å². The van der Waals surface area contributed by atoms with E-state index in [2.05, 4.69) is 40.5 Å². The summed E-state index contributed by atoms with van der Waals surface area (Å²) >= 11 is 0. The number of hydrogen-bond acceptors (Lipinski definition) is 0. The van der Waals surface area contributed by atoms with E-state index in [0.717, 1.165) is 32.6 Å². The molecule has 0 atom stereocenters. The van der Waals surface area contributed by atoms with Gasteiger partial charge in [0.2, 0.25) is 0 Å². The van der Waals surface area contributed by atoms with Crippen LogP contribution in [0.5, 0.6) is 0 Å². The summed E-state index contributed by atoms with van der Waals surface area (Å²) in [7, 11) is 0. The number of rotatable bonds is 1. The van der Waals surface area contributed by atoms with Crippen molar-refractivity contribution in [2.45, 2.75) is 6.92 Å². The third kappa shape index (κ3) is 2.54. The van der Waals surface area contributed by atoms with Crippen molar-refractivity contribution < 1.29 is 0 Å². The van der Waals surface area contributed by atoms with Crippen molar-refractivity contribution in [2.24, 2.45) is 0 Å². The molecule has 2 aromatic heterocycles. The quantitative estimate of drug-likeness (QED) is 0.638. The molecule has 2 N–H and O–H groups in total. The van der Waals surface area contributed by atoms with Gasteiger partial charge in [-0.25, -0.2) is 0 Å². The first-order valence-electron chi connectivity index (χ1n) is 6.87. The third-order valence-corrected chi connectivity index (χ3v) is 3.38. The molecule has 0 fully saturated rings. The Balaban J connectivity index is 2.17. The number of allylic oxidation sites excluding steroid dienone is 2. The van der Waals surface area contributed by atoms with E-state index >= 15 is 0 Å². The molecule has 0 aliphatic carbocycles. The van der Waals surface area contributed by atoms with Gasteiger partial charge in [0, 0.05) is 45.0 Å². The van der Waals surface area contributed by atoms with Crippen LogP contribution in [-0.4, -0.2) is 9.97 Å². The molecule has 0 amide bonds. The second-order valence-electron chi connectivity index (χ2n) is 4.78. The summed E-state index contributed by atoms with van der Waals surface area (Å²) in [6.45, 7) is 5.99. The number of hydrogen-bond donors (Lipinski definition) is 2. The van der Waals surface area contributed by atoms with Crippen molar-refractivity contribution in [3.8, 4) is 11.8 Å². The number of nitrogens with one attached hydrogen (secondary N) is 2. The highest BCUT2D eigenvalue weighted by Crippen LogP contribution is 2.16. The molecule has 2 nitrogen and oxygen atoms in total. The maximum Gasteiger partial charge on any atom is 0.0466 e. The molecule has 0 saturated carbocycles. The van der Waals surface area contributed by atoms with Crippen molar-refractivity contribution in [2.75, 3.05) is 0 Å². The molecule has 0 spiro atoms. The van der Waals surface area contributed by atoms with Gasteiger partial charge in [-0.3, -0.25) is 0 Å². The maximum atomic E-state index is 4.00. The average Bonchev–Trinajstić information content (AvgIpc) is 3.12. The van der Waals surface area contributed by atoms with E-state index in [-0.39, 0.29) is 0 Å². The average molecular weight is 272 g/mol. The van der Waals surface area contributed by atoms with Gasteiger partial charge in [-0.1, -0.05) is 36.6 Å². The Morgan fingerprint density at radius 1 is 1.14 bits per heavy atom. The van der Waals surface area contributed by atoms with E-state index in [1.807, 2.05) is 49.7 Å². The Bertz CT molecular complexity index is 972. The number of benzene rings is 1. The summed E-state index contributed by atoms with van der Waals surface area (Å²) in [6, 6.07) is 10.2. The largest absolute Gasteiger partial charge is 0.362 e. The molecule has 102 valence electrons. The van der Waals surface area contributed by atoms with Crippen molar-refractivity contribution >= 4 is 23.1 Å². The monoisotopic (exact) mass is 272 g/mol. The molecule has 0 saturated heterocycles. The number of aromatic amines is 2. The van der Waals surface area contributed by atoms with Crippen LogP contribution in [0.2, 0.25) is 0 Å². The molecule has 0 aliphatic heterocycles. The molecule has 0 radical (unpaired) electrons. The van der Waals surface area contributed by atoms with Crippen LogP contribution in [0.25, 0.3) is 23.1 Å². The van der Waals surface area contributed by atoms with Gasteiger partial charge in [0.25, 0.3) is 0 Å². The second kappa shape index (κ2) is 5.60. The van der Waals surface area contributed by atoms with Crippen LogP contribution in [0.1, 0.15) is 12.5 Å². The van der Waals surface area contributed by atoms with Gasteiger partial charge in [0.1, 0.15) is 0 Å². The number of H-pyrrole nitrogens is 2. The first kappa shape index (κ1) is 13.1. The first-order valence-corrected chi connectivity index (χ1v) is 6.87. The van der Waals surface area contributed by atoms with E-state index < -0.39 is 0 Å². The number of fused-ring (bicyclic) bond motifs is 1. The zero-order chi connectivity index (χ0) is 14.7. The Hall–Kier alpha value is -2.92. The minimum absolute atomic E-state index is 0.886. The SMILES string of the molecule is C=c1[nH]cc/c1=C(C#Cc1cccc2[nH]ccc12)/C=C\C. The zero-order valence-electron chi connectivity index (χ0n) is 11.9. The molecular weight excluding hydrogens is 256 g/mol. The van der Waals surface area contributed by atoms with Crippen LogP contribution in [0, 0.1) is 11.8 Å². The van der Waals surface area contributed by atoms with Crippen molar-refractivity contribution in [3.05, 3.63) is 71.0 Å². The van der Waals surface area contributed by atoms with E-state index in [1.165, 1.54) is 0 Å². The molecule has 0 bridgehead atoms. The predicted octanol–water partition coefficient (Wildman–Crippen LogP) is 2.68. The van der Waals surface area contributed by atoms with Crippen LogP contribution in [0.15, 0.2) is 54.9 Å². The summed E-state index contributed by atoms with van der Waals surface area (Å²) in [5.41, 5.74) is 3.10. The second-order valence-corrected chi connectivity index (χ2v) is 4.78. The van der Waals surface area contributed by atoms with Crippen molar-refractivity contribution in [1.82, 2.24) is 9.97 Å². The lowest BCUT2D eigenvalue weighted by Gasteiger charge is -1.94.